The number of methoxy groups -OCH3 is 2. The van der Waals surface area contributed by atoms with Crippen LogP contribution in [0.5, 0.6) is 11.5 Å². The summed E-state index contributed by atoms with van der Waals surface area (Å²) in [5.74, 6) is 1.34. The average Bonchev–Trinajstić information content (AvgIpc) is 2.52. The van der Waals surface area contributed by atoms with E-state index >= 15 is 0 Å². The lowest BCUT2D eigenvalue weighted by atomic mass is 10.1. The van der Waals surface area contributed by atoms with E-state index in [2.05, 4.69) is 27.9 Å². The molecule has 0 saturated heterocycles. The van der Waals surface area contributed by atoms with Gasteiger partial charge < -0.3 is 19.9 Å². The van der Waals surface area contributed by atoms with Crippen molar-refractivity contribution in [1.29, 1.82) is 0 Å². The van der Waals surface area contributed by atoms with Crippen molar-refractivity contribution in [1.82, 2.24) is 0 Å². The third kappa shape index (κ3) is 4.25. The van der Waals surface area contributed by atoms with Gasteiger partial charge in [-0.2, -0.15) is 0 Å². The highest BCUT2D eigenvalue weighted by atomic mass is 127. The third-order valence-electron chi connectivity index (χ3n) is 3.12. The van der Waals surface area contributed by atoms with Gasteiger partial charge in [-0.15, -0.1) is 0 Å². The van der Waals surface area contributed by atoms with Gasteiger partial charge in [-0.05, 0) is 59.0 Å². The van der Waals surface area contributed by atoms with Crippen molar-refractivity contribution < 1.29 is 14.6 Å². The summed E-state index contributed by atoms with van der Waals surface area (Å²) in [6.07, 6.45) is -0.687. The van der Waals surface area contributed by atoms with Gasteiger partial charge in [0.2, 0.25) is 0 Å². The second kappa shape index (κ2) is 7.51. The lowest BCUT2D eigenvalue weighted by Crippen LogP contribution is -2.13. The Kier molecular flexibility index (Phi) is 5.69. The maximum absolute atomic E-state index is 10.4. The first-order chi connectivity index (χ1) is 10.1. The summed E-state index contributed by atoms with van der Waals surface area (Å²) in [6, 6.07) is 13.4. The molecule has 0 aliphatic heterocycles. The van der Waals surface area contributed by atoms with Crippen molar-refractivity contribution >= 4 is 28.3 Å². The summed E-state index contributed by atoms with van der Waals surface area (Å²) in [7, 11) is 3.19. The van der Waals surface area contributed by atoms with E-state index in [1.54, 1.807) is 26.4 Å². The number of hydrogen-bond acceptors (Lipinski definition) is 4. The van der Waals surface area contributed by atoms with Gasteiger partial charge in [0, 0.05) is 21.4 Å². The molecule has 2 rings (SSSR count). The summed E-state index contributed by atoms with van der Waals surface area (Å²) in [4.78, 5) is 0. The SMILES string of the molecule is COc1ccc(OC)c(C(O)CNc2cccc(I)c2)c1. The van der Waals surface area contributed by atoms with Crippen LogP contribution in [0.25, 0.3) is 0 Å². The molecule has 0 radical (unpaired) electrons. The van der Waals surface area contributed by atoms with Crippen LogP contribution in [0.2, 0.25) is 0 Å². The van der Waals surface area contributed by atoms with Crippen LogP contribution < -0.4 is 14.8 Å². The Morgan fingerprint density at radius 3 is 2.62 bits per heavy atom. The molecule has 112 valence electrons. The van der Waals surface area contributed by atoms with Gasteiger partial charge in [0.05, 0.1) is 20.3 Å². The van der Waals surface area contributed by atoms with E-state index < -0.39 is 6.10 Å². The van der Waals surface area contributed by atoms with Crippen LogP contribution in [-0.4, -0.2) is 25.9 Å². The monoisotopic (exact) mass is 399 g/mol. The summed E-state index contributed by atoms with van der Waals surface area (Å²) in [5, 5.41) is 13.6. The molecule has 0 fully saturated rings. The normalized spacial score (nSPS) is 11.8. The number of aliphatic hydroxyl groups excluding tert-OH is 1. The second-order valence-corrected chi connectivity index (χ2v) is 5.76. The van der Waals surface area contributed by atoms with Crippen molar-refractivity contribution in [2.75, 3.05) is 26.1 Å². The molecule has 0 aromatic heterocycles. The summed E-state index contributed by atoms with van der Waals surface area (Å²) >= 11 is 2.26. The molecule has 0 aliphatic carbocycles. The molecule has 0 aliphatic rings. The molecule has 4 nitrogen and oxygen atoms in total. The highest BCUT2D eigenvalue weighted by molar-refractivity contribution is 14.1. The molecule has 5 heteroatoms. The number of anilines is 1. The van der Waals surface area contributed by atoms with Crippen molar-refractivity contribution in [3.05, 3.63) is 51.6 Å². The zero-order chi connectivity index (χ0) is 15.2. The van der Waals surface area contributed by atoms with Gasteiger partial charge in [-0.3, -0.25) is 0 Å². The van der Waals surface area contributed by atoms with Gasteiger partial charge in [-0.1, -0.05) is 6.07 Å². The Bertz CT molecular complexity index is 604. The molecule has 1 unspecified atom stereocenters. The highest BCUT2D eigenvalue weighted by Crippen LogP contribution is 2.29. The number of benzene rings is 2. The predicted octanol–water partition coefficient (Wildman–Crippen LogP) is 3.45. The molecule has 1 atom stereocenters. The fourth-order valence-electron chi connectivity index (χ4n) is 2.02. The molecule has 0 amide bonds. The first kappa shape index (κ1) is 15.9. The standard InChI is InChI=1S/C16H18INO3/c1-20-13-6-7-16(21-2)14(9-13)15(19)10-18-12-5-3-4-11(17)8-12/h3-9,15,18-19H,10H2,1-2H3. The Morgan fingerprint density at radius 1 is 1.14 bits per heavy atom. The van der Waals surface area contributed by atoms with Crippen molar-refractivity contribution in [2.24, 2.45) is 0 Å². The zero-order valence-corrected chi connectivity index (χ0v) is 14.1. The molecule has 21 heavy (non-hydrogen) atoms. The number of aliphatic hydroxyl groups is 1. The molecule has 2 aromatic carbocycles. The van der Waals surface area contributed by atoms with Crippen molar-refractivity contribution in [3.63, 3.8) is 0 Å². The second-order valence-electron chi connectivity index (χ2n) is 4.51. The summed E-state index contributed by atoms with van der Waals surface area (Å²) < 4.78 is 11.6. The number of hydrogen-bond donors (Lipinski definition) is 2. The predicted molar refractivity (Wildman–Crippen MR) is 92.2 cm³/mol. The first-order valence-electron chi connectivity index (χ1n) is 6.53. The fraction of sp³-hybridized carbons (Fsp3) is 0.250. The van der Waals surface area contributed by atoms with E-state index in [-0.39, 0.29) is 0 Å². The van der Waals surface area contributed by atoms with E-state index in [0.29, 0.717) is 23.6 Å². The zero-order valence-electron chi connectivity index (χ0n) is 12.0. The molecule has 2 aromatic rings. The molecule has 0 heterocycles. The topological polar surface area (TPSA) is 50.7 Å². The number of ether oxygens (including phenoxy) is 2. The van der Waals surface area contributed by atoms with E-state index in [4.69, 9.17) is 9.47 Å². The fourth-order valence-corrected chi connectivity index (χ4v) is 2.57. The van der Waals surface area contributed by atoms with Gasteiger partial charge in [0.25, 0.3) is 0 Å². The number of halogens is 1. The maximum Gasteiger partial charge on any atom is 0.124 e. The summed E-state index contributed by atoms with van der Waals surface area (Å²) in [6.45, 7) is 0.392. The molecule has 0 saturated carbocycles. The summed E-state index contributed by atoms with van der Waals surface area (Å²) in [5.41, 5.74) is 1.68. The molecule has 0 spiro atoms. The maximum atomic E-state index is 10.4. The molecular formula is C16H18INO3. The Labute approximate surface area is 138 Å². The van der Waals surface area contributed by atoms with Crippen LogP contribution in [0.4, 0.5) is 5.69 Å². The number of nitrogens with one attached hydrogen (secondary N) is 1. The van der Waals surface area contributed by atoms with Gasteiger partial charge in [0.1, 0.15) is 11.5 Å². The molecular weight excluding hydrogens is 381 g/mol. The van der Waals surface area contributed by atoms with Crippen LogP contribution >= 0.6 is 22.6 Å². The van der Waals surface area contributed by atoms with E-state index in [1.165, 1.54) is 0 Å². The first-order valence-corrected chi connectivity index (χ1v) is 7.61. The lowest BCUT2D eigenvalue weighted by Gasteiger charge is -2.17. The van der Waals surface area contributed by atoms with Crippen LogP contribution in [0.15, 0.2) is 42.5 Å². The Morgan fingerprint density at radius 2 is 1.95 bits per heavy atom. The highest BCUT2D eigenvalue weighted by Gasteiger charge is 2.14. The minimum atomic E-state index is -0.687. The molecule has 2 N–H and O–H groups in total. The van der Waals surface area contributed by atoms with Gasteiger partial charge in [0.15, 0.2) is 0 Å². The van der Waals surface area contributed by atoms with E-state index in [0.717, 1.165) is 9.26 Å². The van der Waals surface area contributed by atoms with Crippen molar-refractivity contribution in [3.8, 4) is 11.5 Å². The quantitative estimate of drug-likeness (QED) is 0.731. The minimum Gasteiger partial charge on any atom is -0.497 e. The molecule has 0 bridgehead atoms. The van der Waals surface area contributed by atoms with Crippen molar-refractivity contribution in [2.45, 2.75) is 6.10 Å². The number of rotatable bonds is 6. The van der Waals surface area contributed by atoms with Crippen LogP contribution in [0.1, 0.15) is 11.7 Å². The van der Waals surface area contributed by atoms with Gasteiger partial charge >= 0.3 is 0 Å². The Hall–Kier alpha value is -1.47. The smallest absolute Gasteiger partial charge is 0.124 e. The van der Waals surface area contributed by atoms with E-state index in [1.807, 2.05) is 30.3 Å². The largest absolute Gasteiger partial charge is 0.497 e. The van der Waals surface area contributed by atoms with Crippen LogP contribution in [0, 0.1) is 3.57 Å². The van der Waals surface area contributed by atoms with Crippen LogP contribution in [0.3, 0.4) is 0 Å². The lowest BCUT2D eigenvalue weighted by molar-refractivity contribution is 0.186. The Balaban J connectivity index is 2.10. The average molecular weight is 399 g/mol. The van der Waals surface area contributed by atoms with E-state index in [9.17, 15) is 5.11 Å². The van der Waals surface area contributed by atoms with Gasteiger partial charge in [-0.25, -0.2) is 0 Å². The third-order valence-corrected chi connectivity index (χ3v) is 3.79. The van der Waals surface area contributed by atoms with Crippen LogP contribution in [-0.2, 0) is 0 Å². The minimum absolute atomic E-state index is 0.392.